The maximum atomic E-state index is 13.0. The number of hydrazine groups is 1. The monoisotopic (exact) mass is 330 g/mol. The molecule has 7 nitrogen and oxygen atoms in total. The minimum Gasteiger partial charge on any atom is -0.348 e. The molecule has 1 amide bonds. The highest BCUT2D eigenvalue weighted by Crippen LogP contribution is 2.24. The van der Waals surface area contributed by atoms with E-state index in [4.69, 9.17) is 11.6 Å². The molecule has 0 spiro atoms. The molecule has 1 fully saturated rings. The molecule has 1 saturated heterocycles. The molecule has 22 heavy (non-hydrogen) atoms. The van der Waals surface area contributed by atoms with Gasteiger partial charge in [-0.05, 0) is 31.5 Å². The molecule has 1 heterocycles. The number of hydrogen-bond donors (Lipinski definition) is 3. The van der Waals surface area contributed by atoms with Gasteiger partial charge in [-0.2, -0.15) is 0 Å². The molecule has 0 aliphatic carbocycles. The van der Waals surface area contributed by atoms with Gasteiger partial charge in [-0.25, -0.2) is 15.2 Å². The summed E-state index contributed by atoms with van der Waals surface area (Å²) in [4.78, 5) is 22.8. The first-order valence-corrected chi connectivity index (χ1v) is 7.09. The van der Waals surface area contributed by atoms with Gasteiger partial charge in [0, 0.05) is 9.95 Å². The van der Waals surface area contributed by atoms with Gasteiger partial charge in [0.25, 0.3) is 6.04 Å². The molecule has 2 rings (SSSR count). The van der Waals surface area contributed by atoms with Crippen molar-refractivity contribution < 1.29 is 14.1 Å². The van der Waals surface area contributed by atoms with Gasteiger partial charge in [0.15, 0.2) is 6.04 Å². The van der Waals surface area contributed by atoms with Gasteiger partial charge in [0.05, 0.1) is 12.1 Å². The lowest BCUT2D eigenvalue weighted by atomic mass is 10.0. The first-order valence-electron chi connectivity index (χ1n) is 6.71. The summed E-state index contributed by atoms with van der Waals surface area (Å²) in [5.41, 5.74) is 5.84. The summed E-state index contributed by atoms with van der Waals surface area (Å²) in [6.07, 6.45) is 0. The molecule has 1 aliphatic heterocycles. The summed E-state index contributed by atoms with van der Waals surface area (Å²) >= 11 is 5.94. The Hall–Kier alpha value is -1.77. The second-order valence-corrected chi connectivity index (χ2v) is 5.63. The highest BCUT2D eigenvalue weighted by molar-refractivity contribution is 6.31. The van der Waals surface area contributed by atoms with Gasteiger partial charge < -0.3 is 5.32 Å². The lowest BCUT2D eigenvalue weighted by Gasteiger charge is -2.19. The van der Waals surface area contributed by atoms with E-state index < -0.39 is 40.8 Å². The maximum absolute atomic E-state index is 13.0. The molecule has 0 saturated carbocycles. The van der Waals surface area contributed by atoms with Crippen molar-refractivity contribution in [3.05, 3.63) is 44.7 Å². The van der Waals surface area contributed by atoms with Crippen molar-refractivity contribution in [3.63, 3.8) is 0 Å². The summed E-state index contributed by atoms with van der Waals surface area (Å²) in [6, 6.07) is 0.804. The number of amides is 1. The molecule has 4 unspecified atom stereocenters. The van der Waals surface area contributed by atoms with Crippen molar-refractivity contribution in [1.82, 2.24) is 16.2 Å². The Balaban J connectivity index is 2.09. The van der Waals surface area contributed by atoms with Crippen LogP contribution in [0.25, 0.3) is 0 Å². The molecule has 1 aromatic rings. The fourth-order valence-electron chi connectivity index (χ4n) is 2.44. The highest BCUT2D eigenvalue weighted by atomic mass is 35.5. The molecule has 4 atom stereocenters. The van der Waals surface area contributed by atoms with E-state index >= 15 is 0 Å². The number of carbonyl (C=O) groups is 1. The molecule has 0 aromatic heterocycles. The second-order valence-electron chi connectivity index (χ2n) is 5.23. The predicted molar refractivity (Wildman–Crippen MR) is 78.3 cm³/mol. The quantitative estimate of drug-likeness (QED) is 0.569. The normalized spacial score (nSPS) is 25.7. The molecule has 1 aromatic carbocycles. The van der Waals surface area contributed by atoms with Crippen LogP contribution in [0.4, 0.5) is 4.39 Å². The summed E-state index contributed by atoms with van der Waals surface area (Å²) in [7, 11) is 0. The van der Waals surface area contributed by atoms with E-state index in [9.17, 15) is 19.3 Å². The Morgan fingerprint density at radius 1 is 1.50 bits per heavy atom. The summed E-state index contributed by atoms with van der Waals surface area (Å²) in [5.74, 6) is -0.998. The van der Waals surface area contributed by atoms with Crippen molar-refractivity contribution in [2.75, 3.05) is 0 Å². The summed E-state index contributed by atoms with van der Waals surface area (Å²) in [5, 5.41) is 13.9. The van der Waals surface area contributed by atoms with Gasteiger partial charge >= 0.3 is 0 Å². The third kappa shape index (κ3) is 3.34. The molecule has 0 radical (unpaired) electrons. The number of nitrogens with zero attached hydrogens (tertiary/aromatic N) is 1. The van der Waals surface area contributed by atoms with Gasteiger partial charge in [-0.15, -0.1) is 0 Å². The van der Waals surface area contributed by atoms with Crippen LogP contribution in [-0.4, -0.2) is 29.0 Å². The fraction of sp³-hybridized carbons (Fsp3) is 0.462. The van der Waals surface area contributed by atoms with E-state index in [2.05, 4.69) is 16.2 Å². The van der Waals surface area contributed by atoms with Crippen LogP contribution in [0.15, 0.2) is 18.2 Å². The Morgan fingerprint density at radius 2 is 2.18 bits per heavy atom. The van der Waals surface area contributed by atoms with Gasteiger partial charge in [0.2, 0.25) is 5.91 Å². The number of carbonyl (C=O) groups excluding carboxylic acids is 1. The topological polar surface area (TPSA) is 96.3 Å². The second kappa shape index (κ2) is 6.55. The van der Waals surface area contributed by atoms with Crippen LogP contribution in [0.5, 0.6) is 0 Å². The summed E-state index contributed by atoms with van der Waals surface area (Å²) in [6.45, 7) is 3.29. The van der Waals surface area contributed by atoms with E-state index in [1.807, 2.05) is 0 Å². The number of nitro groups is 1. The van der Waals surface area contributed by atoms with Crippen LogP contribution < -0.4 is 16.2 Å². The van der Waals surface area contributed by atoms with Crippen LogP contribution in [0.1, 0.15) is 25.5 Å². The van der Waals surface area contributed by atoms with Crippen LogP contribution in [0.2, 0.25) is 5.02 Å². The highest BCUT2D eigenvalue weighted by Gasteiger charge is 2.46. The average Bonchev–Trinajstić information content (AvgIpc) is 2.80. The number of nitrogens with one attached hydrogen (secondary N) is 3. The molecule has 3 N–H and O–H groups in total. The van der Waals surface area contributed by atoms with E-state index in [1.54, 1.807) is 13.8 Å². The SMILES string of the molecule is CC(NC(=O)C1NNC(C)C1[N+](=O)[O-])c1ccc(F)cc1Cl. The lowest BCUT2D eigenvalue weighted by Crippen LogP contribution is -2.50. The predicted octanol–water partition coefficient (Wildman–Crippen LogP) is 1.17. The molecule has 0 bridgehead atoms. The van der Waals surface area contributed by atoms with Gasteiger partial charge in [0.1, 0.15) is 5.82 Å². The van der Waals surface area contributed by atoms with Crippen molar-refractivity contribution >= 4 is 17.5 Å². The molecule has 1 aliphatic rings. The molecule has 9 heteroatoms. The zero-order valence-electron chi connectivity index (χ0n) is 12.0. The van der Waals surface area contributed by atoms with Gasteiger partial charge in [-0.1, -0.05) is 17.7 Å². The van der Waals surface area contributed by atoms with E-state index in [0.717, 1.165) is 6.07 Å². The molecule has 120 valence electrons. The van der Waals surface area contributed by atoms with Crippen LogP contribution in [0.3, 0.4) is 0 Å². The van der Waals surface area contributed by atoms with Crippen LogP contribution >= 0.6 is 11.6 Å². The lowest BCUT2D eigenvalue weighted by molar-refractivity contribution is -0.523. The van der Waals surface area contributed by atoms with Crippen molar-refractivity contribution in [2.24, 2.45) is 0 Å². The van der Waals surface area contributed by atoms with E-state index in [1.165, 1.54) is 12.1 Å². The van der Waals surface area contributed by atoms with Crippen molar-refractivity contribution in [1.29, 1.82) is 0 Å². The maximum Gasteiger partial charge on any atom is 0.254 e. The Morgan fingerprint density at radius 3 is 2.77 bits per heavy atom. The number of halogens is 2. The minimum atomic E-state index is -1.07. The first kappa shape index (κ1) is 16.6. The van der Waals surface area contributed by atoms with E-state index in [-0.39, 0.29) is 5.02 Å². The minimum absolute atomic E-state index is 0.185. The Bertz CT molecular complexity index is 601. The van der Waals surface area contributed by atoms with Gasteiger partial charge in [-0.3, -0.25) is 14.9 Å². The first-order chi connectivity index (χ1) is 10.3. The fourth-order valence-corrected chi connectivity index (χ4v) is 2.77. The molecular weight excluding hydrogens is 315 g/mol. The van der Waals surface area contributed by atoms with Crippen molar-refractivity contribution in [2.45, 2.75) is 38.0 Å². The average molecular weight is 331 g/mol. The number of rotatable bonds is 4. The Labute approximate surface area is 131 Å². The molecular formula is C13H16ClFN4O3. The third-order valence-corrected chi connectivity index (χ3v) is 3.96. The Kier molecular flexibility index (Phi) is 4.94. The van der Waals surface area contributed by atoms with Crippen LogP contribution in [0, 0.1) is 15.9 Å². The third-order valence-electron chi connectivity index (χ3n) is 3.63. The number of hydrogen-bond acceptors (Lipinski definition) is 5. The summed E-state index contributed by atoms with van der Waals surface area (Å²) < 4.78 is 13.0. The standard InChI is InChI=1S/C13H16ClFN4O3/c1-6(9-4-3-8(15)5-10(9)14)16-13(20)11-12(19(21)22)7(2)17-18-11/h3-7,11-12,17-18H,1-2H3,(H,16,20). The smallest absolute Gasteiger partial charge is 0.254 e. The van der Waals surface area contributed by atoms with Crippen molar-refractivity contribution in [3.8, 4) is 0 Å². The zero-order chi connectivity index (χ0) is 16.4. The van der Waals surface area contributed by atoms with Crippen LogP contribution in [-0.2, 0) is 4.79 Å². The van der Waals surface area contributed by atoms with E-state index in [0.29, 0.717) is 5.56 Å². The zero-order valence-corrected chi connectivity index (χ0v) is 12.7. The largest absolute Gasteiger partial charge is 0.348 e. The number of benzene rings is 1.